The van der Waals surface area contributed by atoms with Crippen LogP contribution in [0, 0.1) is 11.3 Å². The number of alkyl halides is 2. The Morgan fingerprint density at radius 3 is 2.00 bits per heavy atom. The number of unbranched alkanes of at least 4 members (excludes halogenated alkanes) is 1. The summed E-state index contributed by atoms with van der Waals surface area (Å²) in [6.45, 7) is 4.36. The summed E-state index contributed by atoms with van der Waals surface area (Å²) in [5.41, 5.74) is 0. The minimum Gasteiger partial charge on any atom is -0.566 e. The van der Waals surface area contributed by atoms with Gasteiger partial charge in [-0.3, -0.25) is 0 Å². The van der Waals surface area contributed by atoms with Gasteiger partial charge in [-0.25, -0.2) is 0 Å². The minimum absolute atomic E-state index is 1.32. The first-order valence-corrected chi connectivity index (χ1v) is 6.20. The Kier molecular flexibility index (Phi) is 11.1. The standard InChI is InChI=1S/C4H10.C2Br2NO3P/c1-3-4-2;3-2(4,1-5)8-9(6)7/h3-4H2,1-2H3;. The van der Waals surface area contributed by atoms with E-state index in [9.17, 15) is 9.46 Å². The van der Waals surface area contributed by atoms with Crippen molar-refractivity contribution in [1.82, 2.24) is 0 Å². The second-order valence-corrected chi connectivity index (χ2v) is 5.87. The molecule has 0 saturated carbocycles. The molecule has 0 amide bonds. The topological polar surface area (TPSA) is 73.1 Å². The average molecular weight is 335 g/mol. The van der Waals surface area contributed by atoms with Crippen molar-refractivity contribution in [3.63, 3.8) is 0 Å². The molecule has 0 aromatic carbocycles. The van der Waals surface area contributed by atoms with E-state index in [1.165, 1.54) is 18.9 Å². The monoisotopic (exact) mass is 333 g/mol. The largest absolute Gasteiger partial charge is 0.566 e. The van der Waals surface area contributed by atoms with Gasteiger partial charge in [-0.05, 0) is 36.4 Å². The highest BCUT2D eigenvalue weighted by molar-refractivity contribution is 9.25. The van der Waals surface area contributed by atoms with Crippen LogP contribution in [0.4, 0.5) is 0 Å². The molecule has 0 fully saturated rings. The van der Waals surface area contributed by atoms with Crippen molar-refractivity contribution in [3.8, 4) is 6.07 Å². The highest BCUT2D eigenvalue weighted by atomic mass is 79.9. The maximum atomic E-state index is 9.78. The van der Waals surface area contributed by atoms with Crippen molar-refractivity contribution >= 4 is 40.1 Å². The molecule has 0 aliphatic rings. The van der Waals surface area contributed by atoms with Crippen LogP contribution < -0.4 is 4.89 Å². The second-order valence-electron chi connectivity index (χ2n) is 1.94. The molecule has 0 N–H and O–H groups in total. The summed E-state index contributed by atoms with van der Waals surface area (Å²) < 4.78 is 12.2. The van der Waals surface area contributed by atoms with Gasteiger partial charge in [0.2, 0.25) is 0 Å². The SMILES string of the molecule is CCCC.N#CC(Br)(Br)O[P+](=O)[O-]. The lowest BCUT2D eigenvalue weighted by atomic mass is 10.4. The molecule has 0 aromatic rings. The first-order chi connectivity index (χ1) is 5.89. The van der Waals surface area contributed by atoms with Crippen molar-refractivity contribution in [2.75, 3.05) is 0 Å². The first-order valence-electron chi connectivity index (χ1n) is 3.52. The summed E-state index contributed by atoms with van der Waals surface area (Å²) in [6.07, 6.45) is 2.64. The fourth-order valence-electron chi connectivity index (χ4n) is 0.114. The zero-order valence-electron chi connectivity index (χ0n) is 7.29. The molecule has 1 unspecified atom stereocenters. The number of hydrogen-bond donors (Lipinski definition) is 0. The Bertz CT molecular complexity index is 191. The van der Waals surface area contributed by atoms with Gasteiger partial charge in [-0.1, -0.05) is 26.7 Å². The van der Waals surface area contributed by atoms with E-state index >= 15 is 0 Å². The summed E-state index contributed by atoms with van der Waals surface area (Å²) in [5, 5.41) is 8.11. The van der Waals surface area contributed by atoms with Gasteiger partial charge in [0, 0.05) is 0 Å². The minimum atomic E-state index is -3.01. The van der Waals surface area contributed by atoms with Crippen LogP contribution >= 0.6 is 40.1 Å². The van der Waals surface area contributed by atoms with Crippen molar-refractivity contribution in [2.24, 2.45) is 0 Å². The van der Waals surface area contributed by atoms with Crippen LogP contribution in [0.3, 0.4) is 0 Å². The van der Waals surface area contributed by atoms with E-state index in [0.717, 1.165) is 0 Å². The summed E-state index contributed by atoms with van der Waals surface area (Å²) in [4.78, 5) is 9.78. The van der Waals surface area contributed by atoms with E-state index in [4.69, 9.17) is 5.26 Å². The lowest BCUT2D eigenvalue weighted by Gasteiger charge is -2.00. The Labute approximate surface area is 95.5 Å². The van der Waals surface area contributed by atoms with Crippen LogP contribution in [0.2, 0.25) is 0 Å². The van der Waals surface area contributed by atoms with Crippen molar-refractivity contribution in [2.45, 2.75) is 30.1 Å². The fraction of sp³-hybridized carbons (Fsp3) is 0.833. The van der Waals surface area contributed by atoms with Crippen LogP contribution in [0.25, 0.3) is 0 Å². The van der Waals surface area contributed by atoms with E-state index in [0.29, 0.717) is 0 Å². The third kappa shape index (κ3) is 15.2. The number of hydrogen-bond acceptors (Lipinski definition) is 4. The number of rotatable bonds is 3. The summed E-state index contributed by atoms with van der Waals surface area (Å²) in [7, 11) is -3.01. The van der Waals surface area contributed by atoms with Crippen molar-refractivity contribution in [3.05, 3.63) is 0 Å². The molecule has 0 aliphatic carbocycles. The predicted molar refractivity (Wildman–Crippen MR) is 55.5 cm³/mol. The van der Waals surface area contributed by atoms with Gasteiger partial charge >= 0.3 is 11.7 Å². The van der Waals surface area contributed by atoms with E-state index in [1.54, 1.807) is 0 Å². The summed E-state index contributed by atoms with van der Waals surface area (Å²) in [6, 6.07) is 1.50. The van der Waals surface area contributed by atoms with Crippen LogP contribution in [-0.4, -0.2) is 3.42 Å². The molecule has 0 bridgehead atoms. The molecule has 0 aliphatic heterocycles. The summed E-state index contributed by atoms with van der Waals surface area (Å²) in [5.74, 6) is 0. The number of halogens is 2. The molecule has 0 spiro atoms. The normalized spacial score (nSPS) is 10.9. The molecule has 0 radical (unpaired) electrons. The van der Waals surface area contributed by atoms with E-state index in [2.05, 4.69) is 50.2 Å². The lowest BCUT2D eigenvalue weighted by Crippen LogP contribution is -2.10. The Morgan fingerprint density at radius 2 is 1.92 bits per heavy atom. The van der Waals surface area contributed by atoms with Gasteiger partial charge in [0.15, 0.2) is 0 Å². The van der Waals surface area contributed by atoms with Gasteiger partial charge in [0.1, 0.15) is 6.07 Å². The van der Waals surface area contributed by atoms with Crippen molar-refractivity contribution in [1.29, 1.82) is 5.26 Å². The Hall–Kier alpha value is 0.470. The smallest absolute Gasteiger partial charge is 0.491 e. The molecule has 7 heteroatoms. The highest BCUT2D eigenvalue weighted by Gasteiger charge is 2.30. The first kappa shape index (κ1) is 15.9. The molecule has 0 rings (SSSR count). The molecule has 13 heavy (non-hydrogen) atoms. The highest BCUT2D eigenvalue weighted by Crippen LogP contribution is 2.33. The number of nitrogens with zero attached hydrogens (tertiary/aromatic N) is 1. The van der Waals surface area contributed by atoms with Gasteiger partial charge < -0.3 is 4.89 Å². The van der Waals surface area contributed by atoms with Gasteiger partial charge in [0.05, 0.1) is 0 Å². The zero-order valence-corrected chi connectivity index (χ0v) is 11.4. The molecular weight excluding hydrogens is 325 g/mol. The van der Waals surface area contributed by atoms with Crippen LogP contribution in [-0.2, 0) is 9.09 Å². The maximum absolute atomic E-state index is 9.78. The molecular formula is C6H10Br2NO3P. The van der Waals surface area contributed by atoms with Crippen LogP contribution in [0.5, 0.6) is 0 Å². The second kappa shape index (κ2) is 9.04. The zero-order chi connectivity index (χ0) is 10.9. The van der Waals surface area contributed by atoms with E-state index in [-0.39, 0.29) is 0 Å². The van der Waals surface area contributed by atoms with Crippen LogP contribution in [0.15, 0.2) is 0 Å². The Balaban J connectivity index is 0. The summed E-state index contributed by atoms with van der Waals surface area (Å²) >= 11 is 5.26. The maximum Gasteiger partial charge on any atom is 0.491 e. The lowest BCUT2D eigenvalue weighted by molar-refractivity contribution is -0.185. The molecule has 0 saturated heterocycles. The fourth-order valence-corrected chi connectivity index (χ4v) is 1.05. The Morgan fingerprint density at radius 1 is 1.54 bits per heavy atom. The molecule has 1 atom stereocenters. The van der Waals surface area contributed by atoms with E-state index in [1.807, 2.05) is 0 Å². The van der Waals surface area contributed by atoms with Gasteiger partial charge in [-0.2, -0.15) is 5.26 Å². The average Bonchev–Trinajstić information content (AvgIpc) is 2.03. The van der Waals surface area contributed by atoms with Crippen molar-refractivity contribution < 1.29 is 14.0 Å². The van der Waals surface area contributed by atoms with Gasteiger partial charge in [-0.15, -0.1) is 4.52 Å². The predicted octanol–water partition coefficient (Wildman–Crippen LogP) is 2.79. The molecule has 4 nitrogen and oxygen atoms in total. The number of nitriles is 1. The quantitative estimate of drug-likeness (QED) is 0.587. The third-order valence-electron chi connectivity index (χ3n) is 0.819. The van der Waals surface area contributed by atoms with Crippen LogP contribution in [0.1, 0.15) is 26.7 Å². The molecule has 76 valence electrons. The van der Waals surface area contributed by atoms with Gasteiger partial charge in [0.25, 0.3) is 0 Å². The molecule has 0 aromatic heterocycles. The third-order valence-corrected chi connectivity index (χ3v) is 2.42. The molecule has 0 heterocycles. The van der Waals surface area contributed by atoms with E-state index < -0.39 is 11.7 Å².